The molecule has 0 spiro atoms. The minimum absolute atomic E-state index is 0.0726. The van der Waals surface area contributed by atoms with Gasteiger partial charge in [-0.25, -0.2) is 9.78 Å². The molecule has 0 aromatic carbocycles. The molecule has 2 aromatic heterocycles. The maximum Gasteiger partial charge on any atom is 0.354 e. The van der Waals surface area contributed by atoms with Crippen LogP contribution in [0.15, 0.2) is 0 Å². The van der Waals surface area contributed by atoms with Crippen molar-refractivity contribution < 1.29 is 9.90 Å². The summed E-state index contributed by atoms with van der Waals surface area (Å²) < 4.78 is 0. The zero-order valence-corrected chi connectivity index (χ0v) is 13.6. The van der Waals surface area contributed by atoms with E-state index < -0.39 is 5.97 Å². The maximum atomic E-state index is 11.6. The van der Waals surface area contributed by atoms with E-state index in [1.165, 1.54) is 6.42 Å². The van der Waals surface area contributed by atoms with Crippen LogP contribution in [-0.4, -0.2) is 26.3 Å². The van der Waals surface area contributed by atoms with Crippen molar-refractivity contribution in [2.24, 2.45) is 0 Å². The Morgan fingerprint density at radius 2 is 2.00 bits per heavy atom. The van der Waals surface area contributed by atoms with Crippen LogP contribution in [0.5, 0.6) is 0 Å². The van der Waals surface area contributed by atoms with Gasteiger partial charge in [-0.1, -0.05) is 44.7 Å². The molecule has 1 saturated carbocycles. The number of hydrogen-bond acceptors (Lipinski definition) is 3. The number of aromatic nitrogens is 3. The largest absolute Gasteiger partial charge is 0.476 e. The topological polar surface area (TPSA) is 78.9 Å². The number of aromatic carboxylic acids is 1. The molecule has 0 atom stereocenters. The third kappa shape index (κ3) is 2.47. The summed E-state index contributed by atoms with van der Waals surface area (Å²) in [5.41, 5.74) is 2.08. The fourth-order valence-corrected chi connectivity index (χ4v) is 3.83. The Hall–Kier alpha value is -1.62. The van der Waals surface area contributed by atoms with Crippen LogP contribution >= 0.6 is 11.6 Å². The number of carboxylic acid groups (broad SMARTS) is 1. The number of carbonyl (C=O) groups is 1. The van der Waals surface area contributed by atoms with E-state index in [1.54, 1.807) is 0 Å². The Morgan fingerprint density at radius 1 is 1.32 bits per heavy atom. The number of hydrogen-bond donors (Lipinski definition) is 2. The average Bonchev–Trinajstić information content (AvgIpc) is 2.92. The van der Waals surface area contributed by atoms with E-state index in [2.05, 4.69) is 15.2 Å². The van der Waals surface area contributed by atoms with Gasteiger partial charge in [0.25, 0.3) is 0 Å². The van der Waals surface area contributed by atoms with Crippen LogP contribution < -0.4 is 0 Å². The van der Waals surface area contributed by atoms with Crippen molar-refractivity contribution in [1.82, 2.24) is 15.2 Å². The number of carboxylic acids is 1. The van der Waals surface area contributed by atoms with Crippen LogP contribution in [0.3, 0.4) is 0 Å². The predicted octanol–water partition coefficient (Wildman–Crippen LogP) is 4.48. The molecule has 22 heavy (non-hydrogen) atoms. The van der Waals surface area contributed by atoms with Crippen molar-refractivity contribution in [3.63, 3.8) is 0 Å². The van der Waals surface area contributed by atoms with Gasteiger partial charge in [0, 0.05) is 5.56 Å². The summed E-state index contributed by atoms with van der Waals surface area (Å²) in [6.45, 7) is 4.08. The number of nitrogens with one attached hydrogen (secondary N) is 1. The molecule has 0 bridgehead atoms. The van der Waals surface area contributed by atoms with Crippen LogP contribution in [0.1, 0.15) is 79.5 Å². The van der Waals surface area contributed by atoms with E-state index in [1.807, 2.05) is 13.8 Å². The highest BCUT2D eigenvalue weighted by molar-refractivity contribution is 6.36. The number of fused-ring (bicyclic) bond motifs is 1. The summed E-state index contributed by atoms with van der Waals surface area (Å²) in [5, 5.41) is 17.9. The summed E-state index contributed by atoms with van der Waals surface area (Å²) in [6, 6.07) is 0. The number of nitrogens with zero attached hydrogens (tertiary/aromatic N) is 2. The molecule has 2 heterocycles. The lowest BCUT2D eigenvalue weighted by Crippen LogP contribution is -2.13. The van der Waals surface area contributed by atoms with E-state index >= 15 is 0 Å². The lowest BCUT2D eigenvalue weighted by atomic mass is 9.82. The molecule has 2 aromatic rings. The van der Waals surface area contributed by atoms with Crippen molar-refractivity contribution in [3.05, 3.63) is 22.0 Å². The van der Waals surface area contributed by atoms with Gasteiger partial charge < -0.3 is 5.11 Å². The monoisotopic (exact) mass is 321 g/mol. The molecule has 0 amide bonds. The van der Waals surface area contributed by atoms with Gasteiger partial charge in [0.2, 0.25) is 0 Å². The molecule has 3 rings (SSSR count). The summed E-state index contributed by atoms with van der Waals surface area (Å²) in [6.07, 6.45) is 5.38. The van der Waals surface area contributed by atoms with E-state index in [4.69, 9.17) is 11.6 Å². The minimum Gasteiger partial charge on any atom is -0.476 e. The molecule has 2 N–H and O–H groups in total. The van der Waals surface area contributed by atoms with E-state index in [0.29, 0.717) is 16.2 Å². The highest BCUT2D eigenvalue weighted by Crippen LogP contribution is 2.41. The fourth-order valence-electron chi connectivity index (χ4n) is 3.40. The molecule has 1 aliphatic rings. The van der Waals surface area contributed by atoms with Crippen molar-refractivity contribution in [2.45, 2.75) is 57.8 Å². The summed E-state index contributed by atoms with van der Waals surface area (Å²) >= 11 is 6.65. The van der Waals surface area contributed by atoms with Crippen LogP contribution in [0.25, 0.3) is 11.0 Å². The molecular formula is C16H20ClN3O2. The Labute approximate surface area is 134 Å². The lowest BCUT2D eigenvalue weighted by Gasteiger charge is -2.24. The Bertz CT molecular complexity index is 718. The van der Waals surface area contributed by atoms with Crippen LogP contribution in [0, 0.1) is 0 Å². The van der Waals surface area contributed by atoms with Crippen LogP contribution in [0.2, 0.25) is 5.02 Å². The molecular weight excluding hydrogens is 302 g/mol. The molecule has 0 radical (unpaired) electrons. The average molecular weight is 322 g/mol. The lowest BCUT2D eigenvalue weighted by molar-refractivity contribution is 0.0688. The molecule has 1 aliphatic carbocycles. The summed E-state index contributed by atoms with van der Waals surface area (Å²) in [7, 11) is 0. The van der Waals surface area contributed by atoms with Crippen molar-refractivity contribution in [1.29, 1.82) is 0 Å². The van der Waals surface area contributed by atoms with Gasteiger partial charge in [-0.2, -0.15) is 5.10 Å². The molecule has 1 fully saturated rings. The van der Waals surface area contributed by atoms with Gasteiger partial charge in [0.1, 0.15) is 0 Å². The fraction of sp³-hybridized carbons (Fsp3) is 0.562. The third-order valence-corrected chi connectivity index (χ3v) is 4.87. The molecule has 0 unspecified atom stereocenters. The maximum absolute atomic E-state index is 11.6. The Kier molecular flexibility index (Phi) is 4.08. The highest BCUT2D eigenvalue weighted by Gasteiger charge is 2.29. The van der Waals surface area contributed by atoms with Crippen LogP contribution in [0.4, 0.5) is 0 Å². The first-order valence-electron chi connectivity index (χ1n) is 7.81. The van der Waals surface area contributed by atoms with Crippen molar-refractivity contribution >= 4 is 28.6 Å². The smallest absolute Gasteiger partial charge is 0.354 e. The van der Waals surface area contributed by atoms with Gasteiger partial charge in [0.05, 0.1) is 16.1 Å². The predicted molar refractivity (Wildman–Crippen MR) is 85.8 cm³/mol. The van der Waals surface area contributed by atoms with Gasteiger partial charge in [0.15, 0.2) is 11.3 Å². The van der Waals surface area contributed by atoms with E-state index in [9.17, 15) is 9.90 Å². The number of aromatic amines is 1. The normalized spacial score (nSPS) is 16.5. The first-order chi connectivity index (χ1) is 10.5. The first kappa shape index (κ1) is 15.3. The summed E-state index contributed by atoms with van der Waals surface area (Å²) in [5.74, 6) is -0.646. The first-order valence-corrected chi connectivity index (χ1v) is 8.19. The third-order valence-electron chi connectivity index (χ3n) is 4.47. The second-order valence-corrected chi connectivity index (χ2v) is 6.69. The van der Waals surface area contributed by atoms with Gasteiger partial charge in [-0.3, -0.25) is 5.10 Å². The summed E-state index contributed by atoms with van der Waals surface area (Å²) in [4.78, 5) is 16.0. The standard InChI is InChI=1S/C16H20ClN3O2/c1-8(2)13-11-12(17)10(9-6-4-3-5-7-9)14(16(21)22)18-15(11)20-19-13/h8-9H,3-7H2,1-2H3,(H,21,22)(H,18,19,20). The second kappa shape index (κ2) is 5.88. The van der Waals surface area contributed by atoms with Crippen molar-refractivity contribution in [2.75, 3.05) is 0 Å². The van der Waals surface area contributed by atoms with E-state index in [-0.39, 0.29) is 17.5 Å². The molecule has 0 aliphatic heterocycles. The SMILES string of the molecule is CC(C)c1n[nH]c2nc(C(=O)O)c(C3CCCCC3)c(Cl)c12. The van der Waals surface area contributed by atoms with Crippen LogP contribution in [-0.2, 0) is 0 Å². The molecule has 118 valence electrons. The number of pyridine rings is 1. The van der Waals surface area contributed by atoms with Gasteiger partial charge >= 0.3 is 5.97 Å². The quantitative estimate of drug-likeness (QED) is 0.873. The number of rotatable bonds is 3. The van der Waals surface area contributed by atoms with Crippen molar-refractivity contribution in [3.8, 4) is 0 Å². The zero-order chi connectivity index (χ0) is 15.9. The molecule has 5 nitrogen and oxygen atoms in total. The van der Waals surface area contributed by atoms with Gasteiger partial charge in [-0.15, -0.1) is 0 Å². The number of halogens is 1. The second-order valence-electron chi connectivity index (χ2n) is 6.32. The Morgan fingerprint density at radius 3 is 2.59 bits per heavy atom. The Balaban J connectivity index is 2.26. The zero-order valence-electron chi connectivity index (χ0n) is 12.8. The van der Waals surface area contributed by atoms with Gasteiger partial charge in [-0.05, 0) is 24.7 Å². The molecule has 0 saturated heterocycles. The van der Waals surface area contributed by atoms with E-state index in [0.717, 1.165) is 36.8 Å². The number of H-pyrrole nitrogens is 1. The minimum atomic E-state index is -1.02. The highest BCUT2D eigenvalue weighted by atomic mass is 35.5. The molecule has 6 heteroatoms.